The van der Waals surface area contributed by atoms with E-state index in [1.807, 2.05) is 24.3 Å². The minimum atomic E-state index is -0.270. The normalized spacial score (nSPS) is 10.6. The Morgan fingerprint density at radius 2 is 2.24 bits per heavy atom. The van der Waals surface area contributed by atoms with E-state index < -0.39 is 0 Å². The number of fused-ring (bicyclic) bond motifs is 1. The average Bonchev–Trinajstić information content (AvgIpc) is 2.96. The van der Waals surface area contributed by atoms with Gasteiger partial charge in [-0.3, -0.25) is 9.89 Å². The number of nitrogens with zero attached hydrogens (tertiary/aromatic N) is 3. The highest BCUT2D eigenvalue weighted by Gasteiger charge is 2.14. The van der Waals surface area contributed by atoms with E-state index in [2.05, 4.69) is 25.1 Å². The average molecular weight is 245 g/mol. The van der Waals surface area contributed by atoms with Gasteiger partial charge < -0.3 is 5.32 Å². The fraction of sp³-hybridized carbons (Fsp3) is 0. The summed E-state index contributed by atoms with van der Waals surface area (Å²) in [6.07, 6.45) is 1.50. The van der Waals surface area contributed by atoms with Gasteiger partial charge >= 0.3 is 0 Å². The van der Waals surface area contributed by atoms with E-state index in [1.54, 1.807) is 0 Å². The molecular weight excluding hydrogens is 238 g/mol. The van der Waals surface area contributed by atoms with Gasteiger partial charge in [-0.05, 0) is 6.07 Å². The second kappa shape index (κ2) is 3.95. The van der Waals surface area contributed by atoms with Crippen molar-refractivity contribution in [1.82, 2.24) is 19.8 Å². The fourth-order valence-corrected chi connectivity index (χ4v) is 1.94. The predicted octanol–water partition coefficient (Wildman–Crippen LogP) is 1.67. The molecule has 3 rings (SSSR count). The number of carbonyl (C=O) groups is 1. The quantitative estimate of drug-likeness (QED) is 0.719. The van der Waals surface area contributed by atoms with Crippen molar-refractivity contribution < 1.29 is 4.79 Å². The molecule has 0 unspecified atom stereocenters. The molecule has 2 aromatic heterocycles. The number of amides is 1. The Hall–Kier alpha value is -2.28. The zero-order valence-electron chi connectivity index (χ0n) is 8.54. The summed E-state index contributed by atoms with van der Waals surface area (Å²) in [4.78, 5) is 11.9. The standard InChI is InChI=1S/C10H7N5OS/c16-10(12-8-5-11-15-17-8)9-6-3-1-2-4-7(6)13-14-9/h1-5H,(H,12,16)(H,13,14). The van der Waals surface area contributed by atoms with Crippen LogP contribution in [0.15, 0.2) is 30.5 Å². The van der Waals surface area contributed by atoms with Crippen molar-refractivity contribution in [1.29, 1.82) is 0 Å². The Labute approximate surface area is 99.8 Å². The van der Waals surface area contributed by atoms with Crippen LogP contribution in [0, 0.1) is 0 Å². The van der Waals surface area contributed by atoms with Crippen molar-refractivity contribution in [3.8, 4) is 0 Å². The van der Waals surface area contributed by atoms with Gasteiger partial charge in [0.05, 0.1) is 11.7 Å². The number of benzene rings is 1. The molecule has 6 nitrogen and oxygen atoms in total. The molecule has 1 amide bonds. The third-order valence-corrected chi connectivity index (χ3v) is 2.86. The highest BCUT2D eigenvalue weighted by atomic mass is 32.1. The third kappa shape index (κ3) is 1.76. The Balaban J connectivity index is 1.96. The van der Waals surface area contributed by atoms with Crippen LogP contribution in [0.2, 0.25) is 0 Å². The summed E-state index contributed by atoms with van der Waals surface area (Å²) >= 11 is 1.12. The van der Waals surface area contributed by atoms with E-state index in [9.17, 15) is 4.79 Å². The van der Waals surface area contributed by atoms with Crippen LogP contribution in [-0.4, -0.2) is 25.7 Å². The van der Waals surface area contributed by atoms with Crippen LogP contribution in [0.4, 0.5) is 5.00 Å². The third-order valence-electron chi connectivity index (χ3n) is 2.28. The first-order chi connectivity index (χ1) is 8.34. The first-order valence-corrected chi connectivity index (χ1v) is 5.64. The number of hydrogen-bond donors (Lipinski definition) is 2. The van der Waals surface area contributed by atoms with E-state index >= 15 is 0 Å². The zero-order chi connectivity index (χ0) is 11.7. The highest BCUT2D eigenvalue weighted by Crippen LogP contribution is 2.17. The van der Waals surface area contributed by atoms with E-state index in [4.69, 9.17) is 0 Å². The van der Waals surface area contributed by atoms with Crippen molar-refractivity contribution >= 4 is 33.3 Å². The maximum atomic E-state index is 11.9. The first-order valence-electron chi connectivity index (χ1n) is 4.86. The maximum Gasteiger partial charge on any atom is 0.277 e. The van der Waals surface area contributed by atoms with Crippen molar-refractivity contribution in [3.05, 3.63) is 36.2 Å². The van der Waals surface area contributed by atoms with Gasteiger partial charge in [0.15, 0.2) is 5.69 Å². The summed E-state index contributed by atoms with van der Waals surface area (Å²) < 4.78 is 3.67. The summed E-state index contributed by atoms with van der Waals surface area (Å²) in [7, 11) is 0. The SMILES string of the molecule is O=C(Nc1cnns1)c1n[nH]c2ccccc12. The molecule has 0 aliphatic heterocycles. The second-order valence-electron chi connectivity index (χ2n) is 3.35. The Bertz CT molecular complexity index is 660. The van der Waals surface area contributed by atoms with Gasteiger partial charge in [0.1, 0.15) is 5.00 Å². The van der Waals surface area contributed by atoms with Crippen LogP contribution in [0.25, 0.3) is 10.9 Å². The van der Waals surface area contributed by atoms with Crippen LogP contribution in [-0.2, 0) is 0 Å². The summed E-state index contributed by atoms with van der Waals surface area (Å²) in [5.74, 6) is -0.270. The lowest BCUT2D eigenvalue weighted by atomic mass is 10.2. The Kier molecular flexibility index (Phi) is 2.30. The maximum absolute atomic E-state index is 11.9. The Morgan fingerprint density at radius 1 is 1.35 bits per heavy atom. The molecule has 3 aromatic rings. The Morgan fingerprint density at radius 3 is 3.06 bits per heavy atom. The lowest BCUT2D eigenvalue weighted by Crippen LogP contribution is -2.11. The van der Waals surface area contributed by atoms with E-state index in [0.29, 0.717) is 10.7 Å². The molecule has 17 heavy (non-hydrogen) atoms. The molecule has 0 spiro atoms. The number of hydrogen-bond acceptors (Lipinski definition) is 5. The van der Waals surface area contributed by atoms with Crippen LogP contribution in [0.1, 0.15) is 10.5 Å². The molecule has 2 N–H and O–H groups in total. The summed E-state index contributed by atoms with van der Waals surface area (Å²) in [6.45, 7) is 0. The van der Waals surface area contributed by atoms with E-state index in [-0.39, 0.29) is 5.91 Å². The molecule has 2 heterocycles. The number of aromatic nitrogens is 4. The number of para-hydroxylation sites is 1. The van der Waals surface area contributed by atoms with Gasteiger partial charge in [-0.2, -0.15) is 5.10 Å². The van der Waals surface area contributed by atoms with Crippen LogP contribution >= 0.6 is 11.5 Å². The first kappa shape index (κ1) is 9.91. The van der Waals surface area contributed by atoms with Gasteiger partial charge in [-0.25, -0.2) is 0 Å². The molecule has 84 valence electrons. The monoisotopic (exact) mass is 245 g/mol. The minimum absolute atomic E-state index is 0.270. The van der Waals surface area contributed by atoms with E-state index in [0.717, 1.165) is 22.4 Å². The molecular formula is C10H7N5OS. The van der Waals surface area contributed by atoms with Crippen molar-refractivity contribution in [2.24, 2.45) is 0 Å². The lowest BCUT2D eigenvalue weighted by Gasteiger charge is -1.97. The van der Waals surface area contributed by atoms with Gasteiger partial charge in [0.2, 0.25) is 0 Å². The molecule has 0 aliphatic rings. The van der Waals surface area contributed by atoms with Crippen LogP contribution in [0.5, 0.6) is 0 Å². The number of carbonyl (C=O) groups excluding carboxylic acids is 1. The highest BCUT2D eigenvalue weighted by molar-refractivity contribution is 7.10. The molecule has 0 atom stereocenters. The number of anilines is 1. The molecule has 0 fully saturated rings. The van der Waals surface area contributed by atoms with Crippen LogP contribution in [0.3, 0.4) is 0 Å². The predicted molar refractivity (Wildman–Crippen MR) is 64.0 cm³/mol. The van der Waals surface area contributed by atoms with Gasteiger partial charge in [0.25, 0.3) is 5.91 Å². The summed E-state index contributed by atoms with van der Waals surface area (Å²) in [5, 5.41) is 14.5. The van der Waals surface area contributed by atoms with Gasteiger partial charge in [-0.1, -0.05) is 22.7 Å². The topological polar surface area (TPSA) is 83.6 Å². The largest absolute Gasteiger partial charge is 0.310 e. The van der Waals surface area contributed by atoms with Crippen molar-refractivity contribution in [2.75, 3.05) is 5.32 Å². The van der Waals surface area contributed by atoms with Gasteiger partial charge in [0, 0.05) is 16.9 Å². The van der Waals surface area contributed by atoms with E-state index in [1.165, 1.54) is 6.20 Å². The molecule has 0 radical (unpaired) electrons. The van der Waals surface area contributed by atoms with Gasteiger partial charge in [-0.15, -0.1) is 5.10 Å². The lowest BCUT2D eigenvalue weighted by molar-refractivity contribution is 0.102. The zero-order valence-corrected chi connectivity index (χ0v) is 9.36. The number of H-pyrrole nitrogens is 1. The molecule has 0 aliphatic carbocycles. The number of aromatic amines is 1. The molecule has 0 saturated heterocycles. The summed E-state index contributed by atoms with van der Waals surface area (Å²) in [5.41, 5.74) is 1.20. The van der Waals surface area contributed by atoms with Crippen LogP contribution < -0.4 is 5.32 Å². The van der Waals surface area contributed by atoms with Crippen molar-refractivity contribution in [3.63, 3.8) is 0 Å². The second-order valence-corrected chi connectivity index (χ2v) is 4.14. The number of nitrogens with one attached hydrogen (secondary N) is 2. The number of rotatable bonds is 2. The molecule has 1 aromatic carbocycles. The minimum Gasteiger partial charge on any atom is -0.310 e. The molecule has 7 heteroatoms. The fourth-order valence-electron chi connectivity index (χ4n) is 1.53. The summed E-state index contributed by atoms with van der Waals surface area (Å²) in [6, 6.07) is 7.46. The smallest absolute Gasteiger partial charge is 0.277 e. The molecule has 0 bridgehead atoms. The molecule has 0 saturated carbocycles. The van der Waals surface area contributed by atoms with Crippen molar-refractivity contribution in [2.45, 2.75) is 0 Å².